The molecular weight excluding hydrogens is 270 g/mol. The Bertz CT molecular complexity index is 670. The fourth-order valence-electron chi connectivity index (χ4n) is 2.80. The number of rotatable bonds is 4. The molecular formula is C20H23NO. The quantitative estimate of drug-likeness (QED) is 0.805. The zero-order chi connectivity index (χ0) is 15.4. The lowest BCUT2D eigenvalue weighted by Crippen LogP contribution is -2.19. The maximum Gasteiger partial charge on any atom is 0.120 e. The molecule has 0 amide bonds. The van der Waals surface area contributed by atoms with Gasteiger partial charge < -0.3 is 9.72 Å². The van der Waals surface area contributed by atoms with Crippen LogP contribution in [0.2, 0.25) is 0 Å². The van der Waals surface area contributed by atoms with Gasteiger partial charge in [-0.3, -0.25) is 0 Å². The minimum atomic E-state index is 0.135. The molecule has 0 fully saturated rings. The van der Waals surface area contributed by atoms with Crippen molar-refractivity contribution < 1.29 is 4.74 Å². The summed E-state index contributed by atoms with van der Waals surface area (Å²) < 4.78 is 6.22. The van der Waals surface area contributed by atoms with E-state index in [0.717, 1.165) is 29.9 Å². The SMILES string of the molecule is CC(OC1=C\c2cc[nH]c2\C=C/C=C/1)C(C)C1=CCCC=C1. The molecule has 0 spiro atoms. The van der Waals surface area contributed by atoms with Gasteiger partial charge in [-0.25, -0.2) is 0 Å². The van der Waals surface area contributed by atoms with Crippen LogP contribution in [0.4, 0.5) is 0 Å². The van der Waals surface area contributed by atoms with Gasteiger partial charge in [0, 0.05) is 23.4 Å². The van der Waals surface area contributed by atoms with Gasteiger partial charge in [-0.05, 0) is 49.6 Å². The van der Waals surface area contributed by atoms with Crippen molar-refractivity contribution in [3.05, 3.63) is 71.3 Å². The van der Waals surface area contributed by atoms with Crippen molar-refractivity contribution >= 4 is 12.2 Å². The predicted octanol–water partition coefficient (Wildman–Crippen LogP) is 5.26. The highest BCUT2D eigenvalue weighted by Crippen LogP contribution is 2.26. The van der Waals surface area contributed by atoms with E-state index in [1.54, 1.807) is 0 Å². The molecule has 0 saturated heterocycles. The maximum atomic E-state index is 6.22. The fraction of sp³-hybridized carbons (Fsp3) is 0.300. The molecule has 0 bridgehead atoms. The Balaban J connectivity index is 1.74. The van der Waals surface area contributed by atoms with E-state index in [4.69, 9.17) is 4.74 Å². The minimum absolute atomic E-state index is 0.135. The Labute approximate surface area is 132 Å². The first-order chi connectivity index (χ1) is 10.7. The van der Waals surface area contributed by atoms with Crippen LogP contribution in [0.1, 0.15) is 37.9 Å². The van der Waals surface area contributed by atoms with Crippen molar-refractivity contribution in [3.63, 3.8) is 0 Å². The Morgan fingerprint density at radius 3 is 2.77 bits per heavy atom. The Morgan fingerprint density at radius 1 is 1.09 bits per heavy atom. The first-order valence-electron chi connectivity index (χ1n) is 8.01. The van der Waals surface area contributed by atoms with Crippen molar-refractivity contribution in [2.45, 2.75) is 32.8 Å². The largest absolute Gasteiger partial charge is 0.490 e. The van der Waals surface area contributed by atoms with Gasteiger partial charge in [0.15, 0.2) is 0 Å². The van der Waals surface area contributed by atoms with Crippen molar-refractivity contribution in [3.8, 4) is 0 Å². The summed E-state index contributed by atoms with van der Waals surface area (Å²) in [7, 11) is 0. The van der Waals surface area contributed by atoms with Gasteiger partial charge in [-0.2, -0.15) is 0 Å². The lowest BCUT2D eigenvalue weighted by atomic mass is 9.92. The normalized spacial score (nSPS) is 24.8. The van der Waals surface area contributed by atoms with Crippen LogP contribution >= 0.6 is 0 Å². The second kappa shape index (κ2) is 6.69. The molecule has 1 heterocycles. The average molecular weight is 293 g/mol. The van der Waals surface area contributed by atoms with Crippen LogP contribution in [0, 0.1) is 5.92 Å². The molecule has 2 heteroatoms. The molecule has 0 saturated carbocycles. The van der Waals surface area contributed by atoms with Crippen molar-refractivity contribution in [2.24, 2.45) is 5.92 Å². The summed E-state index contributed by atoms with van der Waals surface area (Å²) in [5.74, 6) is 1.29. The zero-order valence-electron chi connectivity index (χ0n) is 13.3. The monoisotopic (exact) mass is 293 g/mol. The highest BCUT2D eigenvalue weighted by Gasteiger charge is 2.18. The number of ether oxygens (including phenoxy) is 1. The molecule has 0 aromatic carbocycles. The maximum absolute atomic E-state index is 6.22. The van der Waals surface area contributed by atoms with Crippen molar-refractivity contribution in [2.75, 3.05) is 0 Å². The van der Waals surface area contributed by atoms with Gasteiger partial charge in [0.2, 0.25) is 0 Å². The predicted molar refractivity (Wildman–Crippen MR) is 93.1 cm³/mol. The number of hydrogen-bond acceptors (Lipinski definition) is 1. The number of hydrogen-bond donors (Lipinski definition) is 1. The third-order valence-electron chi connectivity index (χ3n) is 4.32. The molecule has 3 rings (SSSR count). The van der Waals surface area contributed by atoms with E-state index in [1.807, 2.05) is 24.4 Å². The molecule has 2 aliphatic carbocycles. The lowest BCUT2D eigenvalue weighted by molar-refractivity contribution is 0.110. The van der Waals surface area contributed by atoms with Crippen LogP contribution < -0.4 is 0 Å². The molecule has 22 heavy (non-hydrogen) atoms. The van der Waals surface area contributed by atoms with E-state index in [1.165, 1.54) is 5.57 Å². The third-order valence-corrected chi connectivity index (χ3v) is 4.32. The summed E-state index contributed by atoms with van der Waals surface area (Å²) in [5, 5.41) is 0. The molecule has 2 unspecified atom stereocenters. The second-order valence-corrected chi connectivity index (χ2v) is 5.91. The van der Waals surface area contributed by atoms with Crippen molar-refractivity contribution in [1.82, 2.24) is 4.98 Å². The molecule has 2 atom stereocenters. The highest BCUT2D eigenvalue weighted by atomic mass is 16.5. The van der Waals surface area contributed by atoms with Gasteiger partial charge in [0.1, 0.15) is 11.9 Å². The summed E-state index contributed by atoms with van der Waals surface area (Å²) in [6, 6.07) is 2.07. The zero-order valence-corrected chi connectivity index (χ0v) is 13.3. The van der Waals surface area contributed by atoms with E-state index in [-0.39, 0.29) is 6.10 Å². The standard InChI is InChI=1S/C20H23NO/c1-15(17-8-4-3-5-9-17)16(2)22-19-10-6-7-11-20-18(14-19)12-13-21-20/h4,6-16,21H,3,5H2,1-2H3/b7-6?,10-6+,11-7-,18-14?,19-10?,19-14+,20-11?. The first kappa shape index (κ1) is 14.7. The molecule has 0 aliphatic heterocycles. The summed E-state index contributed by atoms with van der Waals surface area (Å²) in [4.78, 5) is 3.23. The Morgan fingerprint density at radius 2 is 1.95 bits per heavy atom. The summed E-state index contributed by atoms with van der Waals surface area (Å²) in [5.41, 5.74) is 3.66. The lowest BCUT2D eigenvalue weighted by Gasteiger charge is -2.24. The molecule has 0 radical (unpaired) electrons. The molecule has 1 aromatic rings. The summed E-state index contributed by atoms with van der Waals surface area (Å²) >= 11 is 0. The molecule has 2 nitrogen and oxygen atoms in total. The number of aromatic amines is 1. The summed E-state index contributed by atoms with van der Waals surface area (Å²) in [6.07, 6.45) is 21.5. The number of nitrogens with one attached hydrogen (secondary N) is 1. The number of fused-ring (bicyclic) bond motifs is 1. The van der Waals surface area contributed by atoms with Gasteiger partial charge in [-0.1, -0.05) is 37.3 Å². The number of H-pyrrole nitrogens is 1. The smallest absolute Gasteiger partial charge is 0.120 e. The minimum Gasteiger partial charge on any atom is -0.490 e. The van der Waals surface area contributed by atoms with Gasteiger partial charge in [-0.15, -0.1) is 0 Å². The number of aromatic nitrogens is 1. The molecule has 1 N–H and O–H groups in total. The van der Waals surface area contributed by atoms with Crippen molar-refractivity contribution in [1.29, 1.82) is 0 Å². The van der Waals surface area contributed by atoms with Crippen LogP contribution in [-0.4, -0.2) is 11.1 Å². The van der Waals surface area contributed by atoms with Crippen LogP contribution in [0.5, 0.6) is 0 Å². The van der Waals surface area contributed by atoms with Crippen LogP contribution in [0.15, 0.2) is 60.1 Å². The molecule has 2 aliphatic rings. The van der Waals surface area contributed by atoms with E-state index in [9.17, 15) is 0 Å². The van der Waals surface area contributed by atoms with Gasteiger partial charge in [0.05, 0.1) is 0 Å². The van der Waals surface area contributed by atoms with E-state index in [2.05, 4.69) is 55.3 Å². The van der Waals surface area contributed by atoms with Gasteiger partial charge >= 0.3 is 0 Å². The van der Waals surface area contributed by atoms with Crippen LogP contribution in [0.3, 0.4) is 0 Å². The number of allylic oxidation sites excluding steroid dienone is 6. The Kier molecular flexibility index (Phi) is 4.47. The van der Waals surface area contributed by atoms with E-state index >= 15 is 0 Å². The topological polar surface area (TPSA) is 25.0 Å². The second-order valence-electron chi connectivity index (χ2n) is 5.91. The third kappa shape index (κ3) is 3.33. The van der Waals surface area contributed by atoms with Gasteiger partial charge in [0.25, 0.3) is 0 Å². The van der Waals surface area contributed by atoms with E-state index < -0.39 is 0 Å². The average Bonchev–Trinajstić information content (AvgIpc) is 2.95. The van der Waals surface area contributed by atoms with Crippen LogP contribution in [-0.2, 0) is 4.74 Å². The Hall–Kier alpha value is -2.22. The van der Waals surface area contributed by atoms with E-state index in [0.29, 0.717) is 5.92 Å². The highest BCUT2D eigenvalue weighted by molar-refractivity contribution is 5.67. The molecule has 1 aromatic heterocycles. The first-order valence-corrected chi connectivity index (χ1v) is 8.01. The summed E-state index contributed by atoms with van der Waals surface area (Å²) in [6.45, 7) is 4.39. The van der Waals surface area contributed by atoms with Crippen LogP contribution in [0.25, 0.3) is 12.2 Å². The fourth-order valence-corrected chi connectivity index (χ4v) is 2.80. The molecule has 114 valence electrons.